The van der Waals surface area contributed by atoms with Gasteiger partial charge in [-0.15, -0.1) is 0 Å². The Labute approximate surface area is 69.0 Å². The van der Waals surface area contributed by atoms with Crippen molar-refractivity contribution >= 4 is 21.4 Å². The summed E-state index contributed by atoms with van der Waals surface area (Å²) in [5.74, 6) is -1.57. The molecule has 0 amide bonds. The van der Waals surface area contributed by atoms with Crippen molar-refractivity contribution in [2.45, 2.75) is 6.92 Å². The average Bonchev–Trinajstić information content (AvgIpc) is 2.03. The van der Waals surface area contributed by atoms with Gasteiger partial charge in [-0.1, -0.05) is 0 Å². The lowest BCUT2D eigenvalue weighted by atomic mass is 10.7. The minimum Gasteiger partial charge on any atom is -0.463 e. The van der Waals surface area contributed by atoms with Gasteiger partial charge in [0.15, 0.2) is 0 Å². The molecule has 0 spiro atoms. The molecule has 0 rings (SSSR count). The fourth-order valence-electron chi connectivity index (χ4n) is 0.356. The molecule has 0 aliphatic rings. The zero-order valence-electron chi connectivity index (χ0n) is 6.20. The first kappa shape index (κ1) is 11.0. The summed E-state index contributed by atoms with van der Waals surface area (Å²) >= 11 is 0. The molecule has 0 aromatic heterocycles. The van der Waals surface area contributed by atoms with Crippen molar-refractivity contribution in [3.8, 4) is 0 Å². The highest BCUT2D eigenvalue weighted by molar-refractivity contribution is 8.07. The van der Waals surface area contributed by atoms with Gasteiger partial charge in [0.05, 0.1) is 6.61 Å². The van der Waals surface area contributed by atoms with Gasteiger partial charge in [0, 0.05) is 0 Å². The second-order valence-corrected chi connectivity index (χ2v) is 3.34. The molecule has 0 atom stereocenters. The van der Waals surface area contributed by atoms with Gasteiger partial charge in [0.1, 0.15) is 5.55 Å². The van der Waals surface area contributed by atoms with Crippen LogP contribution in [-0.4, -0.2) is 26.5 Å². The Morgan fingerprint density at radius 1 is 1.67 bits per heavy atom. The van der Waals surface area contributed by atoms with Gasteiger partial charge >= 0.3 is 11.5 Å². The zero-order chi connectivity index (χ0) is 9.78. The lowest BCUT2D eigenvalue weighted by molar-refractivity contribution is -0.141. The topological polar surface area (TPSA) is 84.3 Å². The molecule has 69 valence electrons. The minimum atomic E-state index is -4.50. The van der Waals surface area contributed by atoms with Crippen LogP contribution in [0.1, 0.15) is 6.92 Å². The van der Waals surface area contributed by atoms with Crippen molar-refractivity contribution in [3.05, 3.63) is 5.50 Å². The molecule has 0 aromatic rings. The van der Waals surface area contributed by atoms with Crippen molar-refractivity contribution < 1.29 is 22.3 Å². The molecule has 0 fully saturated rings. The summed E-state index contributed by atoms with van der Waals surface area (Å²) in [7, 11) is -4.50. The maximum atomic E-state index is 12.5. The molecule has 5 nitrogen and oxygen atoms in total. The van der Waals surface area contributed by atoms with E-state index in [1.165, 1.54) is 6.92 Å². The number of sulfone groups is 1. The van der Waals surface area contributed by atoms with Crippen LogP contribution in [0.15, 0.2) is 0 Å². The van der Waals surface area contributed by atoms with Crippen LogP contribution in [0.2, 0.25) is 0 Å². The van der Waals surface area contributed by atoms with E-state index in [9.17, 15) is 17.6 Å². The van der Waals surface area contributed by atoms with Crippen LogP contribution in [0.25, 0.3) is 0 Å². The molecular formula is C5H7FNO4S. The fourth-order valence-corrected chi connectivity index (χ4v) is 0.750. The number of ether oxygens (including phenoxy) is 1. The molecule has 0 aliphatic heterocycles. The van der Waals surface area contributed by atoms with Gasteiger partial charge in [-0.25, -0.2) is 17.6 Å². The Bertz CT molecular complexity index is 273. The Morgan fingerprint density at radius 2 is 2.17 bits per heavy atom. The molecule has 7 heteroatoms. The molecule has 12 heavy (non-hydrogen) atoms. The molecule has 0 heterocycles. The number of hydrogen-bond acceptors (Lipinski definition) is 5. The first-order chi connectivity index (χ1) is 5.45. The van der Waals surface area contributed by atoms with Crippen molar-refractivity contribution in [3.63, 3.8) is 0 Å². The van der Waals surface area contributed by atoms with Gasteiger partial charge in [0.25, 0.3) is 0 Å². The maximum absolute atomic E-state index is 12.5. The Kier molecular flexibility index (Phi) is 3.81. The SMILES string of the molecule is CCOC(=O)[C](F)S(=O)(=O)C=N. The highest BCUT2D eigenvalue weighted by Gasteiger charge is 2.34. The summed E-state index contributed by atoms with van der Waals surface area (Å²) in [6, 6.07) is 0. The van der Waals surface area contributed by atoms with Crippen LogP contribution in [0.3, 0.4) is 0 Å². The van der Waals surface area contributed by atoms with Crippen LogP contribution in [-0.2, 0) is 19.4 Å². The summed E-state index contributed by atoms with van der Waals surface area (Å²) in [5.41, 5.74) is -2.11. The van der Waals surface area contributed by atoms with Crippen molar-refractivity contribution in [2.24, 2.45) is 0 Å². The van der Waals surface area contributed by atoms with Crippen LogP contribution >= 0.6 is 0 Å². The van der Waals surface area contributed by atoms with E-state index < -0.39 is 21.3 Å². The first-order valence-corrected chi connectivity index (χ1v) is 4.45. The van der Waals surface area contributed by atoms with Crippen LogP contribution in [0, 0.1) is 10.9 Å². The lowest BCUT2D eigenvalue weighted by Gasteiger charge is -2.02. The molecule has 0 aromatic carbocycles. The quantitative estimate of drug-likeness (QED) is 0.390. The number of halogens is 1. The number of hydrogen-bond donors (Lipinski definition) is 1. The van der Waals surface area contributed by atoms with E-state index in [0.29, 0.717) is 0 Å². The Morgan fingerprint density at radius 3 is 2.50 bits per heavy atom. The molecule has 0 aliphatic carbocycles. The standard InChI is InChI=1S/C5H7FNO4S/c1-2-11-5(8)4(6)12(9,10)3-7/h3,7H,2H2,1H3. The van der Waals surface area contributed by atoms with Crippen LogP contribution in [0.5, 0.6) is 0 Å². The van der Waals surface area contributed by atoms with E-state index in [4.69, 9.17) is 5.41 Å². The molecule has 0 saturated carbocycles. The third-order valence-corrected chi connectivity index (χ3v) is 1.82. The van der Waals surface area contributed by atoms with Crippen molar-refractivity contribution in [1.29, 1.82) is 5.41 Å². The maximum Gasteiger partial charge on any atom is 0.369 e. The fraction of sp³-hybridized carbons (Fsp3) is 0.400. The third kappa shape index (κ3) is 2.57. The molecule has 0 saturated heterocycles. The molecule has 1 radical (unpaired) electrons. The van der Waals surface area contributed by atoms with Crippen LogP contribution in [0.4, 0.5) is 4.39 Å². The van der Waals surface area contributed by atoms with E-state index in [-0.39, 0.29) is 12.2 Å². The summed E-state index contributed by atoms with van der Waals surface area (Å²) in [6.45, 7) is 1.28. The Balaban J connectivity index is 4.50. The smallest absolute Gasteiger partial charge is 0.369 e. The second-order valence-electron chi connectivity index (χ2n) is 1.66. The third-order valence-electron chi connectivity index (χ3n) is 0.841. The molecule has 0 bridgehead atoms. The number of rotatable bonds is 4. The van der Waals surface area contributed by atoms with E-state index in [2.05, 4.69) is 4.74 Å². The first-order valence-electron chi connectivity index (χ1n) is 2.90. The van der Waals surface area contributed by atoms with Crippen LogP contribution < -0.4 is 0 Å². The number of carbonyl (C=O) groups excluding carboxylic acids is 1. The highest BCUT2D eigenvalue weighted by atomic mass is 32.2. The van der Waals surface area contributed by atoms with Crippen molar-refractivity contribution in [2.75, 3.05) is 6.61 Å². The van der Waals surface area contributed by atoms with Gasteiger partial charge in [0.2, 0.25) is 9.84 Å². The monoisotopic (exact) mass is 196 g/mol. The normalized spacial score (nSPS) is 11.2. The predicted molar refractivity (Wildman–Crippen MR) is 38.7 cm³/mol. The minimum absolute atomic E-state index is 0.125. The van der Waals surface area contributed by atoms with Gasteiger partial charge in [-0.05, 0) is 6.92 Å². The van der Waals surface area contributed by atoms with E-state index >= 15 is 0 Å². The summed E-state index contributed by atoms with van der Waals surface area (Å²) < 4.78 is 37.4. The van der Waals surface area contributed by atoms with Gasteiger partial charge in [-0.2, -0.15) is 0 Å². The molecular weight excluding hydrogens is 189 g/mol. The average molecular weight is 196 g/mol. The van der Waals surface area contributed by atoms with Gasteiger partial charge in [-0.3, -0.25) is 5.41 Å². The largest absolute Gasteiger partial charge is 0.463 e. The Hall–Kier alpha value is -0.980. The van der Waals surface area contributed by atoms with Crippen molar-refractivity contribution in [1.82, 2.24) is 0 Å². The summed E-state index contributed by atoms with van der Waals surface area (Å²) in [5, 5.41) is 6.28. The predicted octanol–water partition coefficient (Wildman–Crippen LogP) is 0.0304. The van der Waals surface area contributed by atoms with Gasteiger partial charge < -0.3 is 4.74 Å². The molecule has 0 unspecified atom stereocenters. The molecule has 1 N–H and O–H groups in total. The number of nitrogens with one attached hydrogen (secondary N) is 1. The number of esters is 1. The number of carbonyl (C=O) groups is 1. The zero-order valence-corrected chi connectivity index (χ0v) is 7.02. The summed E-state index contributed by atoms with van der Waals surface area (Å²) in [6.07, 6.45) is 0. The summed E-state index contributed by atoms with van der Waals surface area (Å²) in [4.78, 5) is 10.4. The van der Waals surface area contributed by atoms with E-state index in [1.807, 2.05) is 0 Å². The van der Waals surface area contributed by atoms with E-state index in [1.54, 1.807) is 0 Å². The highest BCUT2D eigenvalue weighted by Crippen LogP contribution is 2.12. The second kappa shape index (κ2) is 4.15. The van der Waals surface area contributed by atoms with E-state index in [0.717, 1.165) is 0 Å². The lowest BCUT2D eigenvalue weighted by Crippen LogP contribution is -2.20.